The van der Waals surface area contributed by atoms with E-state index in [2.05, 4.69) is 6.07 Å². The lowest BCUT2D eigenvalue weighted by Gasteiger charge is -2.05. The van der Waals surface area contributed by atoms with Gasteiger partial charge >= 0.3 is 0 Å². The highest BCUT2D eigenvalue weighted by Crippen LogP contribution is 2.12. The third-order valence-electron chi connectivity index (χ3n) is 2.07. The molecule has 1 radical (unpaired) electrons. The van der Waals surface area contributed by atoms with Gasteiger partial charge in [-0.2, -0.15) is 0 Å². The molecule has 0 fully saturated rings. The van der Waals surface area contributed by atoms with Crippen molar-refractivity contribution in [2.24, 2.45) is 0 Å². The van der Waals surface area contributed by atoms with Gasteiger partial charge in [0.05, 0.1) is 0 Å². The van der Waals surface area contributed by atoms with Crippen LogP contribution in [0.2, 0.25) is 0 Å². The van der Waals surface area contributed by atoms with E-state index in [4.69, 9.17) is 10.5 Å². The van der Waals surface area contributed by atoms with Crippen molar-refractivity contribution >= 4 is 5.69 Å². The maximum atomic E-state index is 5.59. The largest absolute Gasteiger partial charge is 0.489 e. The van der Waals surface area contributed by atoms with Crippen LogP contribution in [0.25, 0.3) is 0 Å². The van der Waals surface area contributed by atoms with Crippen LogP contribution in [0.3, 0.4) is 0 Å². The molecule has 0 saturated heterocycles. The lowest BCUT2D eigenvalue weighted by atomic mass is 10.2. The predicted molar refractivity (Wildman–Crippen MR) is 60.5 cm³/mol. The zero-order valence-corrected chi connectivity index (χ0v) is 8.31. The van der Waals surface area contributed by atoms with E-state index < -0.39 is 0 Å². The highest BCUT2D eigenvalue weighted by atomic mass is 16.5. The van der Waals surface area contributed by atoms with Crippen molar-refractivity contribution in [2.75, 3.05) is 5.73 Å². The molecule has 0 aliphatic rings. The van der Waals surface area contributed by atoms with E-state index in [1.165, 1.54) is 0 Å². The number of rotatable bonds is 3. The number of nitrogen functional groups attached to an aromatic ring is 1. The molecular weight excluding hydrogens is 186 g/mol. The van der Waals surface area contributed by atoms with Crippen LogP contribution in [-0.4, -0.2) is 0 Å². The summed E-state index contributed by atoms with van der Waals surface area (Å²) in [5, 5.41) is 0. The van der Waals surface area contributed by atoms with Crippen LogP contribution in [0.15, 0.2) is 48.5 Å². The van der Waals surface area contributed by atoms with Gasteiger partial charge in [0, 0.05) is 5.69 Å². The molecular formula is C13H12NO. The molecule has 0 aliphatic carbocycles. The molecule has 0 saturated carbocycles. The molecule has 2 nitrogen and oxygen atoms in total. The van der Waals surface area contributed by atoms with Gasteiger partial charge in [-0.05, 0) is 35.9 Å². The second kappa shape index (κ2) is 4.51. The van der Waals surface area contributed by atoms with Gasteiger partial charge in [-0.3, -0.25) is 0 Å². The molecule has 0 bridgehead atoms. The summed E-state index contributed by atoms with van der Waals surface area (Å²) in [5.41, 5.74) is 7.47. The number of hydrogen-bond acceptors (Lipinski definition) is 2. The van der Waals surface area contributed by atoms with Gasteiger partial charge in [-0.1, -0.05) is 24.3 Å². The zero-order chi connectivity index (χ0) is 10.5. The third-order valence-corrected chi connectivity index (χ3v) is 2.07. The smallest absolute Gasteiger partial charge is 0.119 e. The first-order valence-corrected chi connectivity index (χ1v) is 4.78. The standard InChI is InChI=1S/C13H12NO/c14-12-8-6-11(7-9-12)10-15-13-4-2-1-3-5-13/h2-9H,10,14H2. The number of benzene rings is 2. The minimum Gasteiger partial charge on any atom is -0.489 e. The second-order valence-electron chi connectivity index (χ2n) is 3.27. The predicted octanol–water partition coefficient (Wildman–Crippen LogP) is 2.65. The first kappa shape index (κ1) is 9.59. The lowest BCUT2D eigenvalue weighted by Crippen LogP contribution is -1.95. The van der Waals surface area contributed by atoms with Gasteiger partial charge in [-0.15, -0.1) is 0 Å². The lowest BCUT2D eigenvalue weighted by molar-refractivity contribution is 0.306. The maximum Gasteiger partial charge on any atom is 0.119 e. The summed E-state index contributed by atoms with van der Waals surface area (Å²) in [5.74, 6) is 0.852. The Kier molecular flexibility index (Phi) is 2.88. The van der Waals surface area contributed by atoms with E-state index in [1.807, 2.05) is 48.5 Å². The van der Waals surface area contributed by atoms with Crippen molar-refractivity contribution in [3.63, 3.8) is 0 Å². The Balaban J connectivity index is 1.96. The van der Waals surface area contributed by atoms with Crippen LogP contribution in [0, 0.1) is 6.07 Å². The molecule has 2 aromatic carbocycles. The fourth-order valence-electron chi connectivity index (χ4n) is 1.25. The third kappa shape index (κ3) is 2.74. The van der Waals surface area contributed by atoms with Gasteiger partial charge in [0.25, 0.3) is 0 Å². The van der Waals surface area contributed by atoms with Crippen molar-refractivity contribution in [3.05, 3.63) is 60.2 Å². The van der Waals surface area contributed by atoms with Crippen LogP contribution in [-0.2, 0) is 6.61 Å². The van der Waals surface area contributed by atoms with Crippen molar-refractivity contribution in [3.8, 4) is 5.75 Å². The summed E-state index contributed by atoms with van der Waals surface area (Å²) < 4.78 is 5.57. The van der Waals surface area contributed by atoms with Crippen LogP contribution >= 0.6 is 0 Å². The Morgan fingerprint density at radius 3 is 2.33 bits per heavy atom. The Labute approximate surface area is 89.3 Å². The summed E-state index contributed by atoms with van der Waals surface area (Å²) >= 11 is 0. The monoisotopic (exact) mass is 198 g/mol. The second-order valence-corrected chi connectivity index (χ2v) is 3.27. The highest BCUT2D eigenvalue weighted by Gasteiger charge is 1.94. The number of nitrogens with two attached hydrogens (primary N) is 1. The molecule has 0 amide bonds. The molecule has 0 spiro atoms. The topological polar surface area (TPSA) is 35.2 Å². The van der Waals surface area contributed by atoms with E-state index in [-0.39, 0.29) is 0 Å². The molecule has 0 unspecified atom stereocenters. The van der Waals surface area contributed by atoms with Crippen molar-refractivity contribution in [2.45, 2.75) is 6.61 Å². The molecule has 0 atom stereocenters. The van der Waals surface area contributed by atoms with E-state index in [9.17, 15) is 0 Å². The number of hydrogen-bond donors (Lipinski definition) is 1. The Bertz CT molecular complexity index is 408. The summed E-state index contributed by atoms with van der Waals surface area (Å²) in [6.07, 6.45) is 0. The highest BCUT2D eigenvalue weighted by molar-refractivity contribution is 5.39. The molecule has 2 rings (SSSR count). The van der Waals surface area contributed by atoms with Crippen molar-refractivity contribution in [1.82, 2.24) is 0 Å². The Morgan fingerprint density at radius 2 is 1.67 bits per heavy atom. The molecule has 75 valence electrons. The van der Waals surface area contributed by atoms with E-state index >= 15 is 0 Å². The summed E-state index contributed by atoms with van der Waals surface area (Å²) in [4.78, 5) is 0. The van der Waals surface area contributed by atoms with Gasteiger partial charge in [0.2, 0.25) is 0 Å². The molecule has 15 heavy (non-hydrogen) atoms. The quantitative estimate of drug-likeness (QED) is 0.769. The van der Waals surface area contributed by atoms with E-state index in [1.54, 1.807) is 0 Å². The minimum absolute atomic E-state index is 0.560. The Hall–Kier alpha value is -1.96. The first-order chi connectivity index (χ1) is 7.34. The summed E-state index contributed by atoms with van der Waals surface area (Å²) in [6.45, 7) is 0.560. The fourth-order valence-corrected chi connectivity index (χ4v) is 1.25. The van der Waals surface area contributed by atoms with Crippen molar-refractivity contribution < 1.29 is 4.74 Å². The zero-order valence-electron chi connectivity index (χ0n) is 8.31. The van der Waals surface area contributed by atoms with Crippen LogP contribution in [0.1, 0.15) is 5.56 Å². The van der Waals surface area contributed by atoms with Gasteiger partial charge in [0.15, 0.2) is 0 Å². The van der Waals surface area contributed by atoms with Gasteiger partial charge in [0.1, 0.15) is 12.4 Å². The summed E-state index contributed by atoms with van der Waals surface area (Å²) in [6, 6.07) is 18.0. The van der Waals surface area contributed by atoms with E-state index in [0.29, 0.717) is 6.61 Å². The SMILES string of the molecule is Nc1ccc(COc2cc[c]cc2)cc1. The molecule has 2 heteroatoms. The first-order valence-electron chi connectivity index (χ1n) is 4.78. The Morgan fingerprint density at radius 1 is 1.00 bits per heavy atom. The molecule has 0 aliphatic heterocycles. The average molecular weight is 198 g/mol. The number of anilines is 1. The average Bonchev–Trinajstić information content (AvgIpc) is 2.30. The van der Waals surface area contributed by atoms with E-state index in [0.717, 1.165) is 17.0 Å². The van der Waals surface area contributed by atoms with Crippen LogP contribution < -0.4 is 10.5 Å². The number of ether oxygens (including phenoxy) is 1. The maximum absolute atomic E-state index is 5.59. The van der Waals surface area contributed by atoms with Crippen LogP contribution in [0.5, 0.6) is 5.75 Å². The fraction of sp³-hybridized carbons (Fsp3) is 0.0769. The van der Waals surface area contributed by atoms with Gasteiger partial charge in [-0.25, -0.2) is 0 Å². The molecule has 0 heterocycles. The normalized spacial score (nSPS) is 9.87. The van der Waals surface area contributed by atoms with Gasteiger partial charge < -0.3 is 10.5 Å². The van der Waals surface area contributed by atoms with Crippen molar-refractivity contribution in [1.29, 1.82) is 0 Å². The molecule has 2 aromatic rings. The van der Waals surface area contributed by atoms with Crippen LogP contribution in [0.4, 0.5) is 5.69 Å². The summed E-state index contributed by atoms with van der Waals surface area (Å²) in [7, 11) is 0. The minimum atomic E-state index is 0.560. The molecule has 2 N–H and O–H groups in total. The molecule has 0 aromatic heterocycles.